The molecule has 2 rings (SSSR count). The van der Waals surface area contributed by atoms with Gasteiger partial charge in [0.2, 0.25) is 15.9 Å². The molecule has 1 heterocycles. The number of nitrogens with two attached hydrogens (primary N) is 1. The summed E-state index contributed by atoms with van der Waals surface area (Å²) in [4.78, 5) is 11.1. The number of benzene rings is 1. The maximum absolute atomic E-state index is 13.3. The first-order chi connectivity index (χ1) is 10.3. The van der Waals surface area contributed by atoms with Gasteiger partial charge < -0.3 is 5.73 Å². The second kappa shape index (κ2) is 6.75. The maximum atomic E-state index is 13.3. The van der Waals surface area contributed by atoms with Gasteiger partial charge in [-0.05, 0) is 55.9 Å². The van der Waals surface area contributed by atoms with Crippen molar-refractivity contribution in [2.45, 2.75) is 37.5 Å². The summed E-state index contributed by atoms with van der Waals surface area (Å²) in [5.74, 6) is -0.639. The first-order valence-corrected chi connectivity index (χ1v) is 8.79. The van der Waals surface area contributed by atoms with Crippen molar-refractivity contribution < 1.29 is 17.6 Å². The second-order valence-corrected chi connectivity index (χ2v) is 7.72. The Labute approximate surface area is 130 Å². The van der Waals surface area contributed by atoms with E-state index in [9.17, 15) is 17.6 Å². The minimum Gasteiger partial charge on any atom is -0.370 e. The molecular weight excluding hydrogens is 307 g/mol. The summed E-state index contributed by atoms with van der Waals surface area (Å²) in [6.45, 7) is 2.31. The average Bonchev–Trinajstić information content (AvgIpc) is 2.67. The van der Waals surface area contributed by atoms with Crippen molar-refractivity contribution in [2.75, 3.05) is 13.1 Å². The van der Waals surface area contributed by atoms with Crippen LogP contribution in [0, 0.1) is 18.7 Å². The molecule has 2 N–H and O–H groups in total. The lowest BCUT2D eigenvalue weighted by Crippen LogP contribution is -2.32. The monoisotopic (exact) mass is 328 g/mol. The van der Waals surface area contributed by atoms with E-state index in [1.54, 1.807) is 6.92 Å². The highest BCUT2D eigenvalue weighted by Crippen LogP contribution is 2.25. The van der Waals surface area contributed by atoms with Crippen LogP contribution in [0.3, 0.4) is 0 Å². The predicted molar refractivity (Wildman–Crippen MR) is 81.0 cm³/mol. The Bertz CT molecular complexity index is 661. The molecule has 1 fully saturated rings. The number of rotatable bonds is 4. The van der Waals surface area contributed by atoms with Gasteiger partial charge in [0.1, 0.15) is 5.82 Å². The molecule has 1 unspecified atom stereocenters. The summed E-state index contributed by atoms with van der Waals surface area (Å²) >= 11 is 0. The summed E-state index contributed by atoms with van der Waals surface area (Å²) in [5, 5.41) is 0. The lowest BCUT2D eigenvalue weighted by Gasteiger charge is -2.20. The number of primary amides is 1. The Hall–Kier alpha value is -1.47. The van der Waals surface area contributed by atoms with Crippen LogP contribution in [0.1, 0.15) is 31.2 Å². The van der Waals surface area contributed by atoms with E-state index in [2.05, 4.69) is 0 Å². The Kier molecular flexibility index (Phi) is 5.18. The van der Waals surface area contributed by atoms with E-state index in [1.807, 2.05) is 0 Å². The van der Waals surface area contributed by atoms with Gasteiger partial charge in [-0.2, -0.15) is 4.31 Å². The van der Waals surface area contributed by atoms with Crippen LogP contribution in [0.4, 0.5) is 4.39 Å². The van der Waals surface area contributed by atoms with E-state index in [1.165, 1.54) is 22.5 Å². The molecule has 5 nitrogen and oxygen atoms in total. The van der Waals surface area contributed by atoms with Gasteiger partial charge in [-0.1, -0.05) is 0 Å². The van der Waals surface area contributed by atoms with Gasteiger partial charge >= 0.3 is 0 Å². The van der Waals surface area contributed by atoms with Crippen LogP contribution in [0.15, 0.2) is 23.1 Å². The predicted octanol–water partition coefficient (Wildman–Crippen LogP) is 1.80. The number of amides is 1. The smallest absolute Gasteiger partial charge is 0.243 e. The van der Waals surface area contributed by atoms with Crippen LogP contribution in [0.5, 0.6) is 0 Å². The molecule has 0 aliphatic carbocycles. The molecule has 0 aromatic heterocycles. The topological polar surface area (TPSA) is 80.5 Å². The van der Waals surface area contributed by atoms with Crippen molar-refractivity contribution in [3.63, 3.8) is 0 Å². The number of hydrogen-bond acceptors (Lipinski definition) is 3. The minimum absolute atomic E-state index is 0.111. The summed E-state index contributed by atoms with van der Waals surface area (Å²) in [7, 11) is -3.63. The molecule has 7 heteroatoms. The van der Waals surface area contributed by atoms with Gasteiger partial charge in [0.15, 0.2) is 0 Å². The van der Waals surface area contributed by atoms with E-state index in [-0.39, 0.29) is 16.7 Å². The molecule has 1 saturated heterocycles. The number of halogens is 1. The molecule has 1 aromatic carbocycles. The van der Waals surface area contributed by atoms with Crippen LogP contribution in [-0.2, 0) is 14.8 Å². The Morgan fingerprint density at radius 3 is 2.73 bits per heavy atom. The second-order valence-electron chi connectivity index (χ2n) is 5.78. The number of aryl methyl sites for hydroxylation is 1. The van der Waals surface area contributed by atoms with E-state index in [4.69, 9.17) is 5.73 Å². The van der Waals surface area contributed by atoms with Gasteiger partial charge in [-0.25, -0.2) is 12.8 Å². The van der Waals surface area contributed by atoms with Crippen molar-refractivity contribution in [1.82, 2.24) is 4.31 Å². The average molecular weight is 328 g/mol. The molecule has 1 amide bonds. The van der Waals surface area contributed by atoms with E-state index in [0.29, 0.717) is 37.9 Å². The maximum Gasteiger partial charge on any atom is 0.243 e. The van der Waals surface area contributed by atoms with Crippen LogP contribution in [0.25, 0.3) is 0 Å². The molecule has 0 bridgehead atoms. The Morgan fingerprint density at radius 2 is 2.09 bits per heavy atom. The molecule has 1 atom stereocenters. The highest BCUT2D eigenvalue weighted by molar-refractivity contribution is 7.89. The molecule has 0 radical (unpaired) electrons. The summed E-state index contributed by atoms with van der Waals surface area (Å²) in [6, 6.07) is 3.83. The Morgan fingerprint density at radius 1 is 1.36 bits per heavy atom. The Balaban J connectivity index is 2.15. The molecular formula is C15H21FN2O3S. The van der Waals surface area contributed by atoms with Crippen molar-refractivity contribution in [1.29, 1.82) is 0 Å². The quantitative estimate of drug-likeness (QED) is 0.915. The fourth-order valence-corrected chi connectivity index (χ4v) is 4.37. The van der Waals surface area contributed by atoms with Crippen molar-refractivity contribution >= 4 is 15.9 Å². The lowest BCUT2D eigenvalue weighted by molar-refractivity contribution is -0.119. The van der Waals surface area contributed by atoms with Crippen LogP contribution in [-0.4, -0.2) is 31.7 Å². The number of carbonyl (C=O) groups is 1. The number of nitrogens with zero attached hydrogens (tertiary/aromatic N) is 1. The van der Waals surface area contributed by atoms with E-state index >= 15 is 0 Å². The van der Waals surface area contributed by atoms with Crippen LogP contribution >= 0.6 is 0 Å². The largest absolute Gasteiger partial charge is 0.370 e. The third-order valence-corrected chi connectivity index (χ3v) is 5.96. The third kappa shape index (κ3) is 3.84. The van der Waals surface area contributed by atoms with Crippen LogP contribution in [0.2, 0.25) is 0 Å². The lowest BCUT2D eigenvalue weighted by atomic mass is 9.97. The fourth-order valence-electron chi connectivity index (χ4n) is 2.79. The summed E-state index contributed by atoms with van der Waals surface area (Å²) in [5.41, 5.74) is 5.52. The summed E-state index contributed by atoms with van der Waals surface area (Å²) < 4.78 is 40.0. The molecule has 0 saturated carbocycles. The zero-order valence-electron chi connectivity index (χ0n) is 12.6. The molecule has 122 valence electrons. The molecule has 1 aliphatic heterocycles. The number of sulfonamides is 1. The number of hydrogen-bond donors (Lipinski definition) is 1. The van der Waals surface area contributed by atoms with Crippen LogP contribution < -0.4 is 5.73 Å². The third-order valence-electron chi connectivity index (χ3n) is 4.06. The zero-order valence-corrected chi connectivity index (χ0v) is 13.4. The van der Waals surface area contributed by atoms with E-state index in [0.717, 1.165) is 6.42 Å². The minimum atomic E-state index is -3.63. The first-order valence-electron chi connectivity index (χ1n) is 7.35. The van der Waals surface area contributed by atoms with Gasteiger partial charge in [-0.15, -0.1) is 0 Å². The number of carbonyl (C=O) groups excluding carboxylic acids is 1. The fraction of sp³-hybridized carbons (Fsp3) is 0.533. The highest BCUT2D eigenvalue weighted by Gasteiger charge is 2.28. The van der Waals surface area contributed by atoms with Crippen molar-refractivity contribution in [3.05, 3.63) is 29.6 Å². The molecule has 1 aliphatic rings. The van der Waals surface area contributed by atoms with Crippen molar-refractivity contribution in [2.24, 2.45) is 11.7 Å². The SMILES string of the molecule is Cc1cc(S(=O)(=O)N2CCCC(CC(N)=O)CC2)ccc1F. The van der Waals surface area contributed by atoms with E-state index < -0.39 is 15.8 Å². The molecule has 0 spiro atoms. The highest BCUT2D eigenvalue weighted by atomic mass is 32.2. The first kappa shape index (κ1) is 16.9. The van der Waals surface area contributed by atoms with Gasteiger partial charge in [0.25, 0.3) is 0 Å². The van der Waals surface area contributed by atoms with Gasteiger partial charge in [0, 0.05) is 19.5 Å². The summed E-state index contributed by atoms with van der Waals surface area (Å²) in [6.07, 6.45) is 2.39. The zero-order chi connectivity index (χ0) is 16.3. The normalized spacial score (nSPS) is 20.5. The molecule has 22 heavy (non-hydrogen) atoms. The van der Waals surface area contributed by atoms with Crippen molar-refractivity contribution in [3.8, 4) is 0 Å². The van der Waals surface area contributed by atoms with Gasteiger partial charge in [0.05, 0.1) is 4.90 Å². The molecule has 1 aromatic rings. The standard InChI is InChI=1S/C15H21FN2O3S/c1-11-9-13(4-5-14(11)16)22(20,21)18-7-2-3-12(6-8-18)10-15(17)19/h4-5,9,12H,2-3,6-8,10H2,1H3,(H2,17,19). The van der Waals surface area contributed by atoms with Gasteiger partial charge in [-0.3, -0.25) is 4.79 Å².